The van der Waals surface area contributed by atoms with Crippen molar-refractivity contribution in [1.82, 2.24) is 24.9 Å². The third kappa shape index (κ3) is 4.70. The predicted molar refractivity (Wildman–Crippen MR) is 133 cm³/mol. The number of nitrogens with zero attached hydrogens (tertiary/aromatic N) is 4. The molecule has 13 heteroatoms. The summed E-state index contributed by atoms with van der Waals surface area (Å²) in [6, 6.07) is 6.39. The van der Waals surface area contributed by atoms with E-state index in [1.807, 2.05) is 0 Å². The number of alkyl halides is 3. The Morgan fingerprint density at radius 1 is 1.20 bits per heavy atom. The number of imide groups is 1. The summed E-state index contributed by atoms with van der Waals surface area (Å²) in [6.07, 6.45) is -2.71. The number of aryl methyl sites for hydroxylation is 1. The number of hydrogen-bond donors (Lipinski definition) is 2. The molecule has 2 aliphatic rings. The van der Waals surface area contributed by atoms with E-state index in [2.05, 4.69) is 10.4 Å². The predicted octanol–water partition coefficient (Wildman–Crippen LogP) is 3.39. The molecule has 1 saturated heterocycles. The minimum absolute atomic E-state index is 0.202. The quantitative estimate of drug-likeness (QED) is 0.356. The number of aromatic nitrogens is 2. The molecule has 5 rings (SSSR count). The van der Waals surface area contributed by atoms with Gasteiger partial charge in [0.15, 0.2) is 0 Å². The number of aliphatic hydroxyl groups is 1. The van der Waals surface area contributed by atoms with E-state index in [0.717, 1.165) is 30.2 Å². The highest BCUT2D eigenvalue weighted by Gasteiger charge is 2.58. The number of nitrogens with one attached hydrogen (secondary N) is 1. The maximum atomic E-state index is 13.7. The fourth-order valence-electron chi connectivity index (χ4n) is 5.21. The van der Waals surface area contributed by atoms with E-state index in [-0.39, 0.29) is 12.0 Å². The van der Waals surface area contributed by atoms with Crippen LogP contribution in [0.15, 0.2) is 54.9 Å². The number of carbonyl (C=O) groups is 3. The van der Waals surface area contributed by atoms with Gasteiger partial charge < -0.3 is 15.3 Å². The molecule has 2 aromatic carbocycles. The second-order valence-corrected chi connectivity index (χ2v) is 10.0. The molecule has 1 aliphatic heterocycles. The molecule has 210 valence electrons. The normalized spacial score (nSPS) is 21.1. The zero-order chi connectivity index (χ0) is 29.0. The van der Waals surface area contributed by atoms with Gasteiger partial charge in [0.25, 0.3) is 5.91 Å². The molecule has 1 aliphatic carbocycles. The van der Waals surface area contributed by atoms with Gasteiger partial charge in [0.2, 0.25) is 5.91 Å². The van der Waals surface area contributed by atoms with Crippen LogP contribution >= 0.6 is 0 Å². The third-order valence-electron chi connectivity index (χ3n) is 7.40. The lowest BCUT2D eigenvalue weighted by Gasteiger charge is -2.32. The molecule has 1 spiro atoms. The topological polar surface area (TPSA) is 108 Å². The summed E-state index contributed by atoms with van der Waals surface area (Å²) in [5.41, 5.74) is 0.810. The van der Waals surface area contributed by atoms with Crippen molar-refractivity contribution >= 4 is 17.8 Å². The van der Waals surface area contributed by atoms with Crippen LogP contribution in [-0.2, 0) is 28.7 Å². The van der Waals surface area contributed by atoms with Crippen LogP contribution in [0, 0.1) is 5.82 Å². The van der Waals surface area contributed by atoms with Crippen LogP contribution in [0.5, 0.6) is 0 Å². The van der Waals surface area contributed by atoms with Crippen LogP contribution in [0.1, 0.15) is 36.1 Å². The smallest absolute Gasteiger partial charge is 0.388 e. The number of fused-ring (bicyclic) bond motifs is 2. The summed E-state index contributed by atoms with van der Waals surface area (Å²) < 4.78 is 55.9. The Labute approximate surface area is 226 Å². The fraction of sp³-hybridized carbons (Fsp3) is 0.333. The van der Waals surface area contributed by atoms with Crippen molar-refractivity contribution in [2.24, 2.45) is 7.05 Å². The third-order valence-corrected chi connectivity index (χ3v) is 7.40. The van der Waals surface area contributed by atoms with Crippen molar-refractivity contribution in [2.45, 2.75) is 43.8 Å². The molecule has 3 aromatic rings. The SMILES string of the molecule is C[C@H](N(Cc1ccc(F)cc1)C(=O)CN1C(=O)N[C@]2(C[C@H](O)c3cc(-c4cnn(C)c4)ccc32)C1=O)C(F)(F)F. The minimum Gasteiger partial charge on any atom is -0.388 e. The maximum absolute atomic E-state index is 13.7. The van der Waals surface area contributed by atoms with E-state index >= 15 is 0 Å². The number of amides is 4. The second kappa shape index (κ2) is 9.73. The molecule has 1 fully saturated rings. The highest BCUT2D eigenvalue weighted by molar-refractivity contribution is 6.10. The van der Waals surface area contributed by atoms with Gasteiger partial charge in [-0.25, -0.2) is 9.18 Å². The Kier molecular flexibility index (Phi) is 6.65. The largest absolute Gasteiger partial charge is 0.408 e. The van der Waals surface area contributed by atoms with Crippen molar-refractivity contribution in [2.75, 3.05) is 6.54 Å². The number of urea groups is 1. The van der Waals surface area contributed by atoms with Gasteiger partial charge in [-0.05, 0) is 47.4 Å². The molecule has 9 nitrogen and oxygen atoms in total. The average Bonchev–Trinajstić information content (AvgIpc) is 3.52. The van der Waals surface area contributed by atoms with Gasteiger partial charge in [0.05, 0.1) is 12.3 Å². The number of hydrogen-bond acceptors (Lipinski definition) is 5. The Morgan fingerprint density at radius 2 is 1.90 bits per heavy atom. The monoisotopic (exact) mass is 559 g/mol. The van der Waals surface area contributed by atoms with Crippen LogP contribution in [0.25, 0.3) is 11.1 Å². The van der Waals surface area contributed by atoms with E-state index in [1.165, 1.54) is 12.1 Å². The molecule has 4 amide bonds. The van der Waals surface area contributed by atoms with Crippen molar-refractivity contribution in [3.05, 3.63) is 77.4 Å². The molecule has 2 N–H and O–H groups in total. The van der Waals surface area contributed by atoms with Crippen LogP contribution in [0.2, 0.25) is 0 Å². The summed E-state index contributed by atoms with van der Waals surface area (Å²) >= 11 is 0. The number of halogens is 4. The first-order valence-corrected chi connectivity index (χ1v) is 12.4. The molecule has 0 unspecified atom stereocenters. The zero-order valence-electron chi connectivity index (χ0n) is 21.4. The Balaban J connectivity index is 1.41. The van der Waals surface area contributed by atoms with Gasteiger partial charge in [0.1, 0.15) is 23.9 Å². The average molecular weight is 560 g/mol. The molecular weight excluding hydrogens is 534 g/mol. The summed E-state index contributed by atoms with van der Waals surface area (Å²) in [6.45, 7) is -0.682. The standard InChI is InChI=1S/C27H25F4N5O4/c1-15(27(29,30)31)35(12-16-3-6-19(28)7-4-16)23(38)14-36-24(39)26(33-25(36)40)10-22(37)20-9-17(5-8-21(20)26)18-11-32-34(2)13-18/h3-9,11,13,15,22,37H,10,12,14H2,1-2H3,(H,33,40)/t15-,22-,26-/m0/s1. The van der Waals surface area contributed by atoms with E-state index in [4.69, 9.17) is 0 Å². The second-order valence-electron chi connectivity index (χ2n) is 10.0. The van der Waals surface area contributed by atoms with Gasteiger partial charge in [0, 0.05) is 31.8 Å². The fourth-order valence-corrected chi connectivity index (χ4v) is 5.21. The minimum atomic E-state index is -4.80. The highest BCUT2D eigenvalue weighted by Crippen LogP contribution is 2.47. The van der Waals surface area contributed by atoms with Crippen LogP contribution in [0.4, 0.5) is 22.4 Å². The van der Waals surface area contributed by atoms with Gasteiger partial charge in [-0.2, -0.15) is 18.3 Å². The summed E-state index contributed by atoms with van der Waals surface area (Å²) in [5, 5.41) is 17.5. The summed E-state index contributed by atoms with van der Waals surface area (Å²) in [7, 11) is 1.75. The Bertz CT molecular complexity index is 1490. The van der Waals surface area contributed by atoms with Crippen LogP contribution in [0.3, 0.4) is 0 Å². The summed E-state index contributed by atoms with van der Waals surface area (Å²) in [5.74, 6) is -2.57. The lowest BCUT2D eigenvalue weighted by atomic mass is 9.90. The molecule has 2 heterocycles. The van der Waals surface area contributed by atoms with Crippen molar-refractivity contribution < 1.29 is 37.1 Å². The summed E-state index contributed by atoms with van der Waals surface area (Å²) in [4.78, 5) is 40.8. The lowest BCUT2D eigenvalue weighted by molar-refractivity contribution is -0.187. The van der Waals surface area contributed by atoms with E-state index in [9.17, 15) is 37.1 Å². The zero-order valence-corrected chi connectivity index (χ0v) is 21.4. The first kappa shape index (κ1) is 27.3. The first-order valence-electron chi connectivity index (χ1n) is 12.4. The van der Waals surface area contributed by atoms with Crippen LogP contribution in [-0.4, -0.2) is 61.3 Å². The van der Waals surface area contributed by atoms with E-state index < -0.39 is 60.6 Å². The van der Waals surface area contributed by atoms with Crippen molar-refractivity contribution in [3.8, 4) is 11.1 Å². The van der Waals surface area contributed by atoms with E-state index in [0.29, 0.717) is 20.9 Å². The lowest BCUT2D eigenvalue weighted by Crippen LogP contribution is -2.51. The number of carbonyl (C=O) groups excluding carboxylic acids is 3. The van der Waals surface area contributed by atoms with Gasteiger partial charge >= 0.3 is 12.2 Å². The molecule has 0 radical (unpaired) electrons. The molecule has 3 atom stereocenters. The number of rotatable bonds is 6. The Hall–Kier alpha value is -4.26. The van der Waals surface area contributed by atoms with E-state index in [1.54, 1.807) is 42.3 Å². The Morgan fingerprint density at radius 3 is 2.52 bits per heavy atom. The molecular formula is C27H25F4N5O4. The molecule has 0 saturated carbocycles. The number of benzene rings is 2. The maximum Gasteiger partial charge on any atom is 0.408 e. The first-order chi connectivity index (χ1) is 18.8. The van der Waals surface area contributed by atoms with Crippen molar-refractivity contribution in [1.29, 1.82) is 0 Å². The van der Waals surface area contributed by atoms with Gasteiger partial charge in [-0.1, -0.05) is 24.3 Å². The van der Waals surface area contributed by atoms with Crippen LogP contribution < -0.4 is 5.32 Å². The van der Waals surface area contributed by atoms with Gasteiger partial charge in [-0.15, -0.1) is 0 Å². The molecule has 0 bridgehead atoms. The molecule has 1 aromatic heterocycles. The van der Waals surface area contributed by atoms with Gasteiger partial charge in [-0.3, -0.25) is 19.2 Å². The molecule has 40 heavy (non-hydrogen) atoms. The highest BCUT2D eigenvalue weighted by atomic mass is 19.4. The van der Waals surface area contributed by atoms with Crippen molar-refractivity contribution in [3.63, 3.8) is 0 Å². The number of aliphatic hydroxyl groups excluding tert-OH is 1.